The minimum absolute atomic E-state index is 0.178. The fourth-order valence-corrected chi connectivity index (χ4v) is 4.70. The van der Waals surface area contributed by atoms with Crippen LogP contribution < -0.4 is 15.6 Å². The monoisotopic (exact) mass is 498 g/mol. The number of H-pyrrole nitrogens is 1. The van der Waals surface area contributed by atoms with Gasteiger partial charge in [-0.05, 0) is 62.6 Å². The van der Waals surface area contributed by atoms with Gasteiger partial charge in [0.15, 0.2) is 17.3 Å². The van der Waals surface area contributed by atoms with E-state index in [0.29, 0.717) is 33.9 Å². The van der Waals surface area contributed by atoms with Gasteiger partial charge in [-0.3, -0.25) is 4.79 Å². The summed E-state index contributed by atoms with van der Waals surface area (Å²) < 4.78 is 43.7. The minimum Gasteiger partial charge on any atom is -0.406 e. The summed E-state index contributed by atoms with van der Waals surface area (Å²) in [6.45, 7) is 3.92. The zero-order valence-corrected chi connectivity index (χ0v) is 19.8. The van der Waals surface area contributed by atoms with Crippen LogP contribution in [0.4, 0.5) is 19.0 Å². The number of anilines is 1. The molecule has 1 aromatic carbocycles. The Labute approximate surface area is 204 Å². The highest BCUT2D eigenvalue weighted by atomic mass is 19.4. The van der Waals surface area contributed by atoms with Crippen molar-refractivity contribution in [2.75, 3.05) is 5.32 Å². The van der Waals surface area contributed by atoms with Crippen LogP contribution >= 0.6 is 0 Å². The highest BCUT2D eigenvalue weighted by Gasteiger charge is 2.31. The molecule has 0 unspecified atom stereocenters. The zero-order chi connectivity index (χ0) is 25.4. The van der Waals surface area contributed by atoms with E-state index in [-0.39, 0.29) is 23.9 Å². The molecule has 0 spiro atoms. The molecule has 0 radical (unpaired) electrons. The molecule has 0 bridgehead atoms. The molecule has 5 rings (SSSR count). The van der Waals surface area contributed by atoms with Gasteiger partial charge in [0.25, 0.3) is 5.56 Å². The summed E-state index contributed by atoms with van der Waals surface area (Å²) >= 11 is 0. The smallest absolute Gasteiger partial charge is 0.406 e. The average molecular weight is 499 g/mol. The Morgan fingerprint density at radius 1 is 1.14 bits per heavy atom. The van der Waals surface area contributed by atoms with Crippen LogP contribution in [0.2, 0.25) is 0 Å². The standard InChI is InChI=1S/C25H25F3N6O2/c1-14-11-15(2)31-24(35)19(14)12-29-22-20-23(34(13-30-20)17-5-3-4-6-17)33-21(32-22)16-7-9-18(10-8-16)36-25(26,27)28/h7-11,13,17H,3-6,12H2,1-2H3,(H,31,35)(H,29,32,33). The molecule has 2 N–H and O–H groups in total. The number of benzene rings is 1. The molecular weight excluding hydrogens is 473 g/mol. The van der Waals surface area contributed by atoms with Crippen molar-refractivity contribution < 1.29 is 17.9 Å². The van der Waals surface area contributed by atoms with Crippen molar-refractivity contribution in [3.8, 4) is 17.1 Å². The number of fused-ring (bicyclic) bond motifs is 1. The first kappa shape index (κ1) is 23.8. The topological polar surface area (TPSA) is 97.7 Å². The maximum absolute atomic E-state index is 12.6. The summed E-state index contributed by atoms with van der Waals surface area (Å²) in [7, 11) is 0. The van der Waals surface area contributed by atoms with Gasteiger partial charge in [-0.25, -0.2) is 15.0 Å². The van der Waals surface area contributed by atoms with Crippen LogP contribution in [-0.2, 0) is 6.54 Å². The van der Waals surface area contributed by atoms with Gasteiger partial charge in [-0.2, -0.15) is 0 Å². The number of aromatic nitrogens is 5. The summed E-state index contributed by atoms with van der Waals surface area (Å²) in [6, 6.07) is 7.60. The zero-order valence-electron chi connectivity index (χ0n) is 19.8. The summed E-state index contributed by atoms with van der Waals surface area (Å²) in [5.74, 6) is 0.454. The van der Waals surface area contributed by atoms with E-state index in [0.717, 1.165) is 36.9 Å². The molecule has 1 saturated carbocycles. The fourth-order valence-electron chi connectivity index (χ4n) is 4.70. The van der Waals surface area contributed by atoms with E-state index in [1.807, 2.05) is 24.5 Å². The van der Waals surface area contributed by atoms with Crippen LogP contribution in [-0.4, -0.2) is 30.9 Å². The quantitative estimate of drug-likeness (QED) is 0.368. The van der Waals surface area contributed by atoms with Crippen molar-refractivity contribution in [3.05, 3.63) is 63.8 Å². The Hall–Kier alpha value is -3.89. The summed E-state index contributed by atoms with van der Waals surface area (Å²) in [5, 5.41) is 3.24. The Bertz CT molecular complexity index is 1450. The number of aryl methyl sites for hydroxylation is 2. The molecule has 188 valence electrons. The molecule has 3 aromatic heterocycles. The van der Waals surface area contributed by atoms with E-state index < -0.39 is 6.36 Å². The first-order valence-corrected chi connectivity index (χ1v) is 11.7. The second kappa shape index (κ2) is 9.29. The lowest BCUT2D eigenvalue weighted by atomic mass is 10.1. The van der Waals surface area contributed by atoms with E-state index in [1.165, 1.54) is 24.3 Å². The van der Waals surface area contributed by atoms with Crippen LogP contribution in [0.25, 0.3) is 22.6 Å². The number of ether oxygens (including phenoxy) is 1. The molecule has 0 amide bonds. The number of alkyl halides is 3. The fraction of sp³-hybridized carbons (Fsp3) is 0.360. The second-order valence-electron chi connectivity index (χ2n) is 9.03. The number of pyridine rings is 1. The van der Waals surface area contributed by atoms with Crippen molar-refractivity contribution in [2.24, 2.45) is 0 Å². The van der Waals surface area contributed by atoms with E-state index in [2.05, 4.69) is 25.0 Å². The Morgan fingerprint density at radius 3 is 2.53 bits per heavy atom. The van der Waals surface area contributed by atoms with Gasteiger partial charge in [0, 0.05) is 29.4 Å². The minimum atomic E-state index is -4.77. The number of halogens is 3. The van der Waals surface area contributed by atoms with Gasteiger partial charge < -0.3 is 19.6 Å². The van der Waals surface area contributed by atoms with Gasteiger partial charge in [0.1, 0.15) is 11.3 Å². The van der Waals surface area contributed by atoms with E-state index >= 15 is 0 Å². The molecule has 0 aliphatic heterocycles. The van der Waals surface area contributed by atoms with Crippen LogP contribution in [0.15, 0.2) is 41.5 Å². The first-order valence-electron chi connectivity index (χ1n) is 11.7. The SMILES string of the molecule is Cc1cc(C)c(CNc2nc(-c3ccc(OC(F)(F)F)cc3)nc3c2ncn3C2CCCC2)c(=O)[nH]1. The molecule has 8 nitrogen and oxygen atoms in total. The van der Waals surface area contributed by atoms with Crippen LogP contribution in [0, 0.1) is 13.8 Å². The lowest BCUT2D eigenvalue weighted by molar-refractivity contribution is -0.274. The van der Waals surface area contributed by atoms with Crippen LogP contribution in [0.3, 0.4) is 0 Å². The van der Waals surface area contributed by atoms with Crippen molar-refractivity contribution in [2.45, 2.75) is 58.5 Å². The molecule has 1 aliphatic carbocycles. The number of nitrogens with one attached hydrogen (secondary N) is 2. The molecule has 1 fully saturated rings. The third kappa shape index (κ3) is 4.91. The van der Waals surface area contributed by atoms with Gasteiger partial charge in [0.05, 0.1) is 6.33 Å². The maximum Gasteiger partial charge on any atom is 0.573 e. The van der Waals surface area contributed by atoms with Crippen molar-refractivity contribution >= 4 is 17.0 Å². The predicted octanol–water partition coefficient (Wildman–Crippen LogP) is 5.42. The van der Waals surface area contributed by atoms with Gasteiger partial charge in [-0.1, -0.05) is 12.8 Å². The normalized spacial score (nSPS) is 14.5. The molecule has 0 atom stereocenters. The van der Waals surface area contributed by atoms with E-state index in [4.69, 9.17) is 4.98 Å². The van der Waals surface area contributed by atoms with Gasteiger partial charge >= 0.3 is 6.36 Å². The average Bonchev–Trinajstić information content (AvgIpc) is 3.47. The number of rotatable bonds is 6. The summed E-state index contributed by atoms with van der Waals surface area (Å²) in [4.78, 5) is 29.3. The van der Waals surface area contributed by atoms with Crippen LogP contribution in [0.1, 0.15) is 48.5 Å². The third-order valence-electron chi connectivity index (χ3n) is 6.41. The molecule has 3 heterocycles. The van der Waals surface area contributed by atoms with Gasteiger partial charge in [-0.15, -0.1) is 13.2 Å². The van der Waals surface area contributed by atoms with Crippen molar-refractivity contribution in [3.63, 3.8) is 0 Å². The summed E-state index contributed by atoms with van der Waals surface area (Å²) in [6.07, 6.45) is 1.29. The molecule has 36 heavy (non-hydrogen) atoms. The van der Waals surface area contributed by atoms with Crippen molar-refractivity contribution in [1.29, 1.82) is 0 Å². The molecular formula is C25H25F3N6O2. The van der Waals surface area contributed by atoms with Crippen molar-refractivity contribution in [1.82, 2.24) is 24.5 Å². The lowest BCUT2D eigenvalue weighted by Gasteiger charge is -2.14. The lowest BCUT2D eigenvalue weighted by Crippen LogP contribution is -2.19. The maximum atomic E-state index is 12.6. The summed E-state index contributed by atoms with van der Waals surface area (Å²) in [5.41, 5.74) is 3.77. The number of nitrogens with zero attached hydrogens (tertiary/aromatic N) is 4. The number of imidazole rings is 1. The Kier molecular flexibility index (Phi) is 6.15. The van der Waals surface area contributed by atoms with E-state index in [9.17, 15) is 18.0 Å². The first-order chi connectivity index (χ1) is 17.2. The highest BCUT2D eigenvalue weighted by molar-refractivity contribution is 5.85. The largest absolute Gasteiger partial charge is 0.573 e. The molecule has 1 aliphatic rings. The number of aromatic amines is 1. The third-order valence-corrected chi connectivity index (χ3v) is 6.41. The Balaban J connectivity index is 1.54. The van der Waals surface area contributed by atoms with Gasteiger partial charge in [0.2, 0.25) is 0 Å². The number of hydrogen-bond donors (Lipinski definition) is 2. The number of hydrogen-bond acceptors (Lipinski definition) is 6. The molecule has 11 heteroatoms. The molecule has 4 aromatic rings. The van der Waals surface area contributed by atoms with Crippen LogP contribution in [0.5, 0.6) is 5.75 Å². The second-order valence-corrected chi connectivity index (χ2v) is 9.03. The highest BCUT2D eigenvalue weighted by Crippen LogP contribution is 2.34. The Morgan fingerprint density at radius 2 is 1.86 bits per heavy atom. The molecule has 0 saturated heterocycles. The predicted molar refractivity (Wildman–Crippen MR) is 129 cm³/mol. The van der Waals surface area contributed by atoms with E-state index in [1.54, 1.807) is 6.33 Å².